The molecule has 8 aromatic rings. The highest BCUT2D eigenvalue weighted by molar-refractivity contribution is 9.10. The summed E-state index contributed by atoms with van der Waals surface area (Å²) >= 11 is 3.37. The third-order valence-corrected chi connectivity index (χ3v) is 12.2. The van der Waals surface area contributed by atoms with Crippen LogP contribution in [-0.2, 0) is 38.8 Å². The van der Waals surface area contributed by atoms with E-state index in [2.05, 4.69) is 87.3 Å². The highest BCUT2D eigenvalue weighted by Crippen LogP contribution is 2.33. The zero-order valence-electron chi connectivity index (χ0n) is 38.2. The van der Waals surface area contributed by atoms with Gasteiger partial charge in [-0.1, -0.05) is 71.6 Å². The molecular formula is C50H47BBrF2N11O5. The number of aliphatic hydroxyl groups excluding tert-OH is 1. The molecule has 20 heteroatoms. The Bertz CT molecular complexity index is 3260. The Balaban J connectivity index is 0.000000158. The van der Waals surface area contributed by atoms with Gasteiger partial charge in [0.05, 0.1) is 25.0 Å². The third-order valence-electron chi connectivity index (χ3n) is 11.6. The van der Waals surface area contributed by atoms with E-state index in [0.717, 1.165) is 52.3 Å². The lowest BCUT2D eigenvalue weighted by atomic mass is 9.79. The van der Waals surface area contributed by atoms with E-state index >= 15 is 0 Å². The monoisotopic (exact) mass is 1010 g/mol. The van der Waals surface area contributed by atoms with E-state index in [1.54, 1.807) is 63.9 Å². The van der Waals surface area contributed by atoms with E-state index in [1.807, 2.05) is 18.2 Å². The summed E-state index contributed by atoms with van der Waals surface area (Å²) in [5.41, 5.74) is 8.57. The molecule has 6 heterocycles. The quantitative estimate of drug-likeness (QED) is 0.0574. The second-order valence-corrected chi connectivity index (χ2v) is 17.3. The van der Waals surface area contributed by atoms with Crippen LogP contribution in [0.15, 0.2) is 102 Å². The summed E-state index contributed by atoms with van der Waals surface area (Å²) in [6.45, 7) is 17.2. The van der Waals surface area contributed by atoms with E-state index < -0.39 is 7.12 Å². The van der Waals surface area contributed by atoms with E-state index in [-0.39, 0.29) is 43.0 Å². The molecule has 10 rings (SSSR count). The predicted molar refractivity (Wildman–Crippen MR) is 267 cm³/mol. The minimum absolute atomic E-state index is 0.0744. The number of hydrogen-bond donors (Lipinski definition) is 5. The maximum absolute atomic E-state index is 14.6. The van der Waals surface area contributed by atoms with Gasteiger partial charge in [0.2, 0.25) is 23.2 Å². The number of aliphatic hydroxyl groups is 1. The average Bonchev–Trinajstić information content (AvgIpc) is 4.21. The van der Waals surface area contributed by atoms with Crippen molar-refractivity contribution in [2.24, 2.45) is 0 Å². The maximum atomic E-state index is 14.6. The average molecular weight is 1010 g/mol. The number of ether oxygens (including phenoxy) is 2. The van der Waals surface area contributed by atoms with Crippen LogP contribution in [0.5, 0.6) is 11.5 Å². The first-order valence-electron chi connectivity index (χ1n) is 22.2. The highest BCUT2D eigenvalue weighted by atomic mass is 79.9. The first kappa shape index (κ1) is 49.0. The van der Waals surface area contributed by atoms with Crippen molar-refractivity contribution in [2.45, 2.75) is 38.8 Å². The Morgan fingerprint density at radius 3 is 1.89 bits per heavy atom. The number of hydrogen-bond acceptors (Lipinski definition) is 12. The van der Waals surface area contributed by atoms with E-state index in [0.29, 0.717) is 76.7 Å². The molecule has 0 saturated heterocycles. The second-order valence-electron chi connectivity index (χ2n) is 16.5. The zero-order chi connectivity index (χ0) is 49.3. The molecule has 2 aliphatic heterocycles. The molecule has 0 unspecified atom stereocenters. The molecule has 5 N–H and O–H groups in total. The molecule has 16 nitrogen and oxygen atoms in total. The van der Waals surface area contributed by atoms with Gasteiger partial charge in [0.1, 0.15) is 27.6 Å². The van der Waals surface area contributed by atoms with Crippen LogP contribution in [0.4, 0.5) is 32.3 Å². The van der Waals surface area contributed by atoms with Crippen LogP contribution >= 0.6 is 15.9 Å². The fraction of sp³-hybridized carbons (Fsp3) is 0.240. The van der Waals surface area contributed by atoms with Gasteiger partial charge < -0.3 is 49.9 Å². The predicted octanol–water partition coefficient (Wildman–Crippen LogP) is 7.37. The second kappa shape index (κ2) is 22.3. The molecular weight excluding hydrogens is 963 g/mol. The van der Waals surface area contributed by atoms with E-state index in [1.165, 1.54) is 17.7 Å². The Kier molecular flexibility index (Phi) is 15.6. The smallest absolute Gasteiger partial charge is 0.488 e. The fourth-order valence-corrected chi connectivity index (χ4v) is 8.49. The molecule has 0 radical (unpaired) electrons. The van der Waals surface area contributed by atoms with Crippen LogP contribution in [0, 0.1) is 24.8 Å². The first-order valence-corrected chi connectivity index (χ1v) is 23.0. The molecule has 0 amide bonds. The minimum atomic E-state index is -1.43. The van der Waals surface area contributed by atoms with Gasteiger partial charge in [0.15, 0.2) is 0 Å². The Morgan fingerprint density at radius 2 is 1.31 bits per heavy atom. The summed E-state index contributed by atoms with van der Waals surface area (Å²) in [6, 6.07) is 21.4. The highest BCUT2D eigenvalue weighted by Gasteiger charge is 2.23. The van der Waals surface area contributed by atoms with Crippen LogP contribution in [-0.4, -0.2) is 96.4 Å². The number of fused-ring (bicyclic) bond motifs is 4. The number of nitrogens with one attached hydrogen (secondary N) is 2. The summed E-state index contributed by atoms with van der Waals surface area (Å²) in [5.74, 6) is 2.47. The van der Waals surface area contributed by atoms with E-state index in [4.69, 9.17) is 37.8 Å². The SMILES string of the molecule is OCCc1cccc(B(O)O)c1.[C-]#[N+]c1cn2c(NCc3c(F)ccc4c3CCO4)ncc(-c3cccc(CCN(C)C)c3)c2n1.[C-]#[N+]c1cn2c(NCc3c(F)ccc4c3CCO4)ncc(Br)c2n1. The van der Waals surface area contributed by atoms with Crippen molar-refractivity contribution < 1.29 is 33.4 Å². The molecule has 356 valence electrons. The normalized spacial score (nSPS) is 12.2. The van der Waals surface area contributed by atoms with Crippen molar-refractivity contribution in [2.75, 3.05) is 51.1 Å². The van der Waals surface area contributed by atoms with Crippen LogP contribution in [0.2, 0.25) is 0 Å². The van der Waals surface area contributed by atoms with Crippen LogP contribution < -0.4 is 25.6 Å². The molecule has 0 fully saturated rings. The van der Waals surface area contributed by atoms with Gasteiger partial charge in [-0.25, -0.2) is 18.7 Å². The molecule has 0 aliphatic carbocycles. The van der Waals surface area contributed by atoms with Crippen molar-refractivity contribution in [3.8, 4) is 22.6 Å². The van der Waals surface area contributed by atoms with Gasteiger partial charge in [0, 0.05) is 79.9 Å². The minimum Gasteiger partial charge on any atom is -0.493 e. The number of halogens is 3. The van der Waals surface area contributed by atoms with Crippen molar-refractivity contribution in [3.63, 3.8) is 0 Å². The summed E-state index contributed by atoms with van der Waals surface area (Å²) in [5, 5.41) is 32.6. The largest absolute Gasteiger partial charge is 0.493 e. The number of likely N-dealkylation sites (N-methyl/N-ethyl adjacent to an activating group) is 1. The summed E-state index contributed by atoms with van der Waals surface area (Å²) in [6.07, 6.45) is 9.47. The lowest BCUT2D eigenvalue weighted by Gasteiger charge is -2.13. The van der Waals surface area contributed by atoms with E-state index in [9.17, 15) is 8.78 Å². The van der Waals surface area contributed by atoms with Crippen LogP contribution in [0.3, 0.4) is 0 Å². The number of benzene rings is 4. The van der Waals surface area contributed by atoms with Crippen LogP contribution in [0.1, 0.15) is 33.4 Å². The van der Waals surface area contributed by atoms with Crippen molar-refractivity contribution >= 4 is 63.3 Å². The number of imidazole rings is 2. The number of anilines is 2. The molecule has 0 saturated carbocycles. The summed E-state index contributed by atoms with van der Waals surface area (Å²) < 4.78 is 44.0. The maximum Gasteiger partial charge on any atom is 0.488 e. The third kappa shape index (κ3) is 11.2. The Hall–Kier alpha value is -7.46. The molecule has 2 aliphatic rings. The van der Waals surface area contributed by atoms with Gasteiger partial charge in [-0.3, -0.25) is 8.80 Å². The number of rotatable bonds is 13. The first-order chi connectivity index (χ1) is 33.9. The molecule has 0 bridgehead atoms. The standard InChI is InChI=1S/C26H25FN6O.C16H11BrFN5O.C8H11BO3/c1-28-24-16-33-25(31-24)20(18-6-4-5-17(13-18)9-11-32(2)3)14-29-26(33)30-15-21-19-10-12-34-23(19)8-7-22(21)27;1-19-14-8-23-15(22-14)11(17)7-21-16(23)20-6-10-9-4-5-24-13(9)3-2-12(10)18;10-5-4-7-2-1-3-8(6-7)9(11)12/h4-8,13-14,16H,9-12,15H2,2-3H3,(H,29,30);2-3,7-8H,4-6H2,(H,20,21);1-3,6,10-12H,4-5H2. The summed E-state index contributed by atoms with van der Waals surface area (Å²) in [4.78, 5) is 26.7. The van der Waals surface area contributed by atoms with Crippen molar-refractivity contribution in [3.05, 3.63) is 170 Å². The van der Waals surface area contributed by atoms with Gasteiger partial charge in [-0.15, -0.1) is 0 Å². The fourth-order valence-electron chi connectivity index (χ4n) is 8.11. The lowest BCUT2D eigenvalue weighted by molar-refractivity contribution is 0.299. The Labute approximate surface area is 411 Å². The van der Waals surface area contributed by atoms with Gasteiger partial charge >= 0.3 is 7.12 Å². The number of aromatic nitrogens is 6. The van der Waals surface area contributed by atoms with Crippen molar-refractivity contribution in [1.82, 2.24) is 33.6 Å². The molecule has 4 aromatic carbocycles. The molecule has 0 atom stereocenters. The lowest BCUT2D eigenvalue weighted by Crippen LogP contribution is -2.29. The summed E-state index contributed by atoms with van der Waals surface area (Å²) in [7, 11) is 2.69. The zero-order valence-corrected chi connectivity index (χ0v) is 39.8. The van der Waals surface area contributed by atoms with Gasteiger partial charge in [-0.05, 0) is 89.3 Å². The molecule has 4 aromatic heterocycles. The molecule has 70 heavy (non-hydrogen) atoms. The Morgan fingerprint density at radius 1 is 0.757 bits per heavy atom. The van der Waals surface area contributed by atoms with Crippen molar-refractivity contribution in [1.29, 1.82) is 0 Å². The van der Waals surface area contributed by atoms with Gasteiger partial charge in [-0.2, -0.15) is 0 Å². The topological polar surface area (TPSA) is 176 Å². The molecule has 0 spiro atoms. The number of nitrogens with zero attached hydrogens (tertiary/aromatic N) is 9. The van der Waals surface area contributed by atoms with Crippen LogP contribution in [0.25, 0.3) is 32.1 Å². The van der Waals surface area contributed by atoms with Gasteiger partial charge in [0.25, 0.3) is 11.6 Å².